The smallest absolute Gasteiger partial charge is 0.254 e. The van der Waals surface area contributed by atoms with Crippen LogP contribution in [0.4, 0.5) is 4.39 Å². The standard InChI is InChI=1S/C19H27FN2O4S/c1-13-4-3-5-18(14(13)2)21-19(23)16-12-15(6-7-17(16)20)27(24,25)22-8-10-26-11-9-22/h6-7,12-14,18H,3-5,8-11H2,1-2H3,(H,21,23)/t13-,14-,18-/m1/s1. The lowest BCUT2D eigenvalue weighted by Gasteiger charge is -2.34. The quantitative estimate of drug-likeness (QED) is 0.845. The van der Waals surface area contributed by atoms with Crippen LogP contribution < -0.4 is 5.32 Å². The number of carbonyl (C=O) groups excluding carboxylic acids is 1. The molecule has 1 heterocycles. The minimum absolute atomic E-state index is 0.0276. The van der Waals surface area contributed by atoms with Gasteiger partial charge in [0.1, 0.15) is 5.82 Å². The van der Waals surface area contributed by atoms with Crippen LogP contribution in [0.3, 0.4) is 0 Å². The molecule has 1 saturated heterocycles. The number of sulfonamides is 1. The van der Waals surface area contributed by atoms with Gasteiger partial charge in [0.05, 0.1) is 23.7 Å². The molecule has 0 aromatic heterocycles. The summed E-state index contributed by atoms with van der Waals surface area (Å²) in [5.41, 5.74) is -0.227. The van der Waals surface area contributed by atoms with Crippen molar-refractivity contribution >= 4 is 15.9 Å². The highest BCUT2D eigenvalue weighted by atomic mass is 32.2. The van der Waals surface area contributed by atoms with E-state index in [-0.39, 0.29) is 29.6 Å². The van der Waals surface area contributed by atoms with Gasteiger partial charge in [-0.25, -0.2) is 12.8 Å². The first-order valence-electron chi connectivity index (χ1n) is 9.49. The van der Waals surface area contributed by atoms with Crippen molar-refractivity contribution in [3.63, 3.8) is 0 Å². The summed E-state index contributed by atoms with van der Waals surface area (Å²) in [4.78, 5) is 12.6. The van der Waals surface area contributed by atoms with Crippen molar-refractivity contribution in [2.75, 3.05) is 26.3 Å². The summed E-state index contributed by atoms with van der Waals surface area (Å²) in [6.07, 6.45) is 2.99. The molecular weight excluding hydrogens is 371 g/mol. The molecule has 8 heteroatoms. The fourth-order valence-corrected chi connectivity index (χ4v) is 5.24. The molecule has 6 nitrogen and oxygen atoms in total. The Bertz CT molecular complexity index is 793. The van der Waals surface area contributed by atoms with Crippen molar-refractivity contribution < 1.29 is 22.3 Å². The van der Waals surface area contributed by atoms with E-state index in [0.29, 0.717) is 25.0 Å². The molecule has 3 atom stereocenters. The topological polar surface area (TPSA) is 75.7 Å². The fourth-order valence-electron chi connectivity index (χ4n) is 3.81. The number of benzene rings is 1. The fraction of sp³-hybridized carbons (Fsp3) is 0.632. The Balaban J connectivity index is 1.81. The van der Waals surface area contributed by atoms with Gasteiger partial charge >= 0.3 is 0 Å². The number of nitrogens with one attached hydrogen (secondary N) is 1. The van der Waals surface area contributed by atoms with Gasteiger partial charge in [0.25, 0.3) is 5.91 Å². The summed E-state index contributed by atoms with van der Waals surface area (Å²) in [6, 6.07) is 3.38. The Labute approximate surface area is 160 Å². The van der Waals surface area contributed by atoms with Crippen LogP contribution in [0.1, 0.15) is 43.5 Å². The van der Waals surface area contributed by atoms with Crippen LogP contribution in [-0.2, 0) is 14.8 Å². The number of hydrogen-bond donors (Lipinski definition) is 1. The van der Waals surface area contributed by atoms with Gasteiger partial charge in [-0.1, -0.05) is 26.7 Å². The van der Waals surface area contributed by atoms with E-state index < -0.39 is 21.7 Å². The Morgan fingerprint density at radius 1 is 1.22 bits per heavy atom. The molecule has 27 heavy (non-hydrogen) atoms. The summed E-state index contributed by atoms with van der Waals surface area (Å²) >= 11 is 0. The van der Waals surface area contributed by atoms with Gasteiger partial charge < -0.3 is 10.1 Å². The molecular formula is C19H27FN2O4S. The second kappa shape index (κ2) is 8.24. The molecule has 1 aliphatic heterocycles. The number of hydrogen-bond acceptors (Lipinski definition) is 4. The van der Waals surface area contributed by atoms with E-state index in [1.54, 1.807) is 0 Å². The first-order chi connectivity index (χ1) is 12.8. The van der Waals surface area contributed by atoms with Crippen LogP contribution in [0.15, 0.2) is 23.1 Å². The van der Waals surface area contributed by atoms with Crippen molar-refractivity contribution in [3.8, 4) is 0 Å². The van der Waals surface area contributed by atoms with Gasteiger partial charge in [0, 0.05) is 19.1 Å². The molecule has 3 rings (SSSR count). The van der Waals surface area contributed by atoms with Crippen molar-refractivity contribution in [2.24, 2.45) is 11.8 Å². The van der Waals surface area contributed by atoms with Gasteiger partial charge in [-0.15, -0.1) is 0 Å². The lowest BCUT2D eigenvalue weighted by Crippen LogP contribution is -2.44. The van der Waals surface area contributed by atoms with E-state index in [4.69, 9.17) is 4.74 Å². The largest absolute Gasteiger partial charge is 0.379 e. The van der Waals surface area contributed by atoms with Crippen LogP contribution >= 0.6 is 0 Å². The average Bonchev–Trinajstić information content (AvgIpc) is 2.66. The molecule has 1 N–H and O–H groups in total. The number of nitrogens with zero attached hydrogens (tertiary/aromatic N) is 1. The second-order valence-corrected chi connectivity index (χ2v) is 9.44. The molecule has 150 valence electrons. The molecule has 1 aromatic rings. The summed E-state index contributed by atoms with van der Waals surface area (Å²) in [6.45, 7) is 5.39. The number of rotatable bonds is 4. The van der Waals surface area contributed by atoms with Crippen LogP contribution in [0, 0.1) is 17.7 Å². The second-order valence-electron chi connectivity index (χ2n) is 7.51. The molecule has 0 unspecified atom stereocenters. The van der Waals surface area contributed by atoms with E-state index in [9.17, 15) is 17.6 Å². The first kappa shape index (κ1) is 20.2. The van der Waals surface area contributed by atoms with E-state index >= 15 is 0 Å². The van der Waals surface area contributed by atoms with Crippen molar-refractivity contribution in [1.29, 1.82) is 0 Å². The van der Waals surface area contributed by atoms with Gasteiger partial charge in [-0.05, 0) is 36.5 Å². The lowest BCUT2D eigenvalue weighted by molar-refractivity contribution is 0.0730. The maximum atomic E-state index is 14.3. The Morgan fingerprint density at radius 2 is 1.93 bits per heavy atom. The van der Waals surface area contributed by atoms with Crippen LogP contribution in [-0.4, -0.2) is 51.0 Å². The van der Waals surface area contributed by atoms with Crippen LogP contribution in [0.5, 0.6) is 0 Å². The third-order valence-corrected chi connectivity index (χ3v) is 7.71. The number of morpholine rings is 1. The minimum atomic E-state index is -3.78. The summed E-state index contributed by atoms with van der Waals surface area (Å²) in [5.74, 6) is -0.490. The van der Waals surface area contributed by atoms with E-state index in [1.807, 2.05) is 0 Å². The van der Waals surface area contributed by atoms with Crippen molar-refractivity contribution in [1.82, 2.24) is 9.62 Å². The highest BCUT2D eigenvalue weighted by Gasteiger charge is 2.31. The highest BCUT2D eigenvalue weighted by molar-refractivity contribution is 7.89. The number of halogens is 1. The zero-order chi connectivity index (χ0) is 19.6. The minimum Gasteiger partial charge on any atom is -0.379 e. The predicted molar refractivity (Wildman–Crippen MR) is 99.4 cm³/mol. The predicted octanol–water partition coefficient (Wildman–Crippen LogP) is 2.40. The summed E-state index contributed by atoms with van der Waals surface area (Å²) < 4.78 is 46.3. The Kier molecular flexibility index (Phi) is 6.18. The zero-order valence-corrected chi connectivity index (χ0v) is 16.6. The molecule has 0 spiro atoms. The molecule has 1 aromatic carbocycles. The van der Waals surface area contributed by atoms with Crippen LogP contribution in [0.25, 0.3) is 0 Å². The van der Waals surface area contributed by atoms with Crippen molar-refractivity contribution in [3.05, 3.63) is 29.6 Å². The molecule has 2 fully saturated rings. The van der Waals surface area contributed by atoms with E-state index in [0.717, 1.165) is 31.4 Å². The molecule has 1 aliphatic carbocycles. The average molecular weight is 399 g/mol. The maximum absolute atomic E-state index is 14.3. The third-order valence-electron chi connectivity index (χ3n) is 5.81. The monoisotopic (exact) mass is 398 g/mol. The molecule has 0 radical (unpaired) electrons. The SMILES string of the molecule is C[C@@H]1[C@H](C)CCC[C@H]1NC(=O)c1cc(S(=O)(=O)N2CCOCC2)ccc1F. The summed E-state index contributed by atoms with van der Waals surface area (Å²) in [7, 11) is -3.78. The highest BCUT2D eigenvalue weighted by Crippen LogP contribution is 2.30. The molecule has 2 aliphatic rings. The van der Waals surface area contributed by atoms with Gasteiger partial charge in [-0.2, -0.15) is 4.31 Å². The van der Waals surface area contributed by atoms with Gasteiger partial charge in [-0.3, -0.25) is 4.79 Å². The Hall–Kier alpha value is -1.51. The molecule has 1 saturated carbocycles. The zero-order valence-electron chi connectivity index (χ0n) is 15.8. The van der Waals surface area contributed by atoms with E-state index in [2.05, 4.69) is 19.2 Å². The third kappa shape index (κ3) is 4.33. The maximum Gasteiger partial charge on any atom is 0.254 e. The molecule has 0 bridgehead atoms. The Morgan fingerprint density at radius 3 is 2.63 bits per heavy atom. The van der Waals surface area contributed by atoms with Gasteiger partial charge in [0.15, 0.2) is 0 Å². The van der Waals surface area contributed by atoms with E-state index in [1.165, 1.54) is 10.4 Å². The first-order valence-corrected chi connectivity index (χ1v) is 10.9. The van der Waals surface area contributed by atoms with Crippen LogP contribution in [0.2, 0.25) is 0 Å². The molecule has 1 amide bonds. The van der Waals surface area contributed by atoms with Gasteiger partial charge in [0.2, 0.25) is 10.0 Å². The number of ether oxygens (including phenoxy) is 1. The lowest BCUT2D eigenvalue weighted by atomic mass is 9.78. The number of amides is 1. The van der Waals surface area contributed by atoms with Crippen molar-refractivity contribution in [2.45, 2.75) is 44.0 Å². The summed E-state index contributed by atoms with van der Waals surface area (Å²) in [5, 5.41) is 2.91. The normalized spacial score (nSPS) is 27.3. The number of carbonyl (C=O) groups is 1.